The quantitative estimate of drug-likeness (QED) is 0.412. The highest BCUT2D eigenvalue weighted by Crippen LogP contribution is 2.32. The highest BCUT2D eigenvalue weighted by Gasteiger charge is 2.25. The minimum atomic E-state index is 0.440. The molecule has 2 heteroatoms. The molecule has 1 aliphatic rings. The molecule has 0 aromatic rings. The van der Waals surface area contributed by atoms with Crippen molar-refractivity contribution in [1.29, 1.82) is 0 Å². The number of nitrogens with one attached hydrogen (secondary N) is 1. The van der Waals surface area contributed by atoms with Crippen LogP contribution >= 0.6 is 0 Å². The van der Waals surface area contributed by atoms with Crippen molar-refractivity contribution in [1.82, 2.24) is 5.43 Å². The smallest absolute Gasteiger partial charge is 0.0275 e. The molecule has 0 bridgehead atoms. The molecule has 3 N–H and O–H groups in total. The van der Waals surface area contributed by atoms with E-state index in [1.54, 1.807) is 0 Å². The Labute approximate surface area is 87.9 Å². The number of hydrogen-bond donors (Lipinski definition) is 2. The van der Waals surface area contributed by atoms with Gasteiger partial charge in [-0.2, -0.15) is 0 Å². The summed E-state index contributed by atoms with van der Waals surface area (Å²) in [6, 6.07) is 0.440. The van der Waals surface area contributed by atoms with E-state index < -0.39 is 0 Å². The van der Waals surface area contributed by atoms with E-state index in [-0.39, 0.29) is 0 Å². The fourth-order valence-corrected chi connectivity index (χ4v) is 2.58. The molecular weight excluding hydrogens is 172 g/mol. The summed E-state index contributed by atoms with van der Waals surface area (Å²) in [4.78, 5) is 0. The fourth-order valence-electron chi connectivity index (χ4n) is 2.58. The average molecular weight is 196 g/mol. The fraction of sp³-hybridized carbons (Fsp3) is 0.833. The Hall–Kier alpha value is -0.340. The van der Waals surface area contributed by atoms with Gasteiger partial charge in [0.25, 0.3) is 0 Å². The summed E-state index contributed by atoms with van der Waals surface area (Å²) in [7, 11) is 0. The number of hydrazine groups is 1. The second-order valence-corrected chi connectivity index (χ2v) is 4.97. The molecule has 3 unspecified atom stereocenters. The zero-order valence-corrected chi connectivity index (χ0v) is 9.55. The maximum absolute atomic E-state index is 5.61. The van der Waals surface area contributed by atoms with E-state index in [4.69, 9.17) is 5.84 Å². The Morgan fingerprint density at radius 1 is 1.57 bits per heavy atom. The molecule has 1 aliphatic carbocycles. The van der Waals surface area contributed by atoms with Crippen LogP contribution in [0.3, 0.4) is 0 Å². The third-order valence-electron chi connectivity index (χ3n) is 3.33. The van der Waals surface area contributed by atoms with E-state index in [9.17, 15) is 0 Å². The lowest BCUT2D eigenvalue weighted by atomic mass is 9.77. The maximum atomic E-state index is 5.61. The van der Waals surface area contributed by atoms with Crippen molar-refractivity contribution >= 4 is 0 Å². The lowest BCUT2D eigenvalue weighted by Crippen LogP contribution is -2.42. The van der Waals surface area contributed by atoms with Crippen LogP contribution in [-0.4, -0.2) is 6.04 Å². The third-order valence-corrected chi connectivity index (χ3v) is 3.33. The van der Waals surface area contributed by atoms with Crippen LogP contribution in [0.1, 0.15) is 46.0 Å². The van der Waals surface area contributed by atoms with E-state index in [1.165, 1.54) is 31.3 Å². The van der Waals surface area contributed by atoms with Gasteiger partial charge < -0.3 is 0 Å². The van der Waals surface area contributed by atoms with Crippen LogP contribution in [0.25, 0.3) is 0 Å². The van der Waals surface area contributed by atoms with Gasteiger partial charge in [-0.1, -0.05) is 25.3 Å². The minimum Gasteiger partial charge on any atom is -0.271 e. The molecule has 0 heterocycles. The van der Waals surface area contributed by atoms with Gasteiger partial charge >= 0.3 is 0 Å². The number of hydrogen-bond acceptors (Lipinski definition) is 2. The molecule has 0 amide bonds. The Morgan fingerprint density at radius 2 is 2.29 bits per heavy atom. The van der Waals surface area contributed by atoms with Crippen LogP contribution < -0.4 is 11.3 Å². The number of nitrogens with two attached hydrogens (primary N) is 1. The Balaban J connectivity index is 2.46. The second-order valence-electron chi connectivity index (χ2n) is 4.97. The highest BCUT2D eigenvalue weighted by atomic mass is 15.2. The van der Waals surface area contributed by atoms with Crippen LogP contribution in [0.15, 0.2) is 12.2 Å². The molecule has 3 atom stereocenters. The van der Waals surface area contributed by atoms with Crippen molar-refractivity contribution in [2.45, 2.75) is 52.0 Å². The summed E-state index contributed by atoms with van der Waals surface area (Å²) >= 11 is 0. The Morgan fingerprint density at radius 3 is 2.79 bits per heavy atom. The molecule has 0 aromatic carbocycles. The van der Waals surface area contributed by atoms with E-state index >= 15 is 0 Å². The van der Waals surface area contributed by atoms with Gasteiger partial charge in [-0.05, 0) is 38.0 Å². The van der Waals surface area contributed by atoms with E-state index in [0.29, 0.717) is 6.04 Å². The molecule has 82 valence electrons. The Kier molecular flexibility index (Phi) is 4.63. The van der Waals surface area contributed by atoms with Crippen LogP contribution in [-0.2, 0) is 0 Å². The second kappa shape index (κ2) is 5.52. The molecule has 0 aromatic heterocycles. The molecule has 0 spiro atoms. The van der Waals surface area contributed by atoms with Crippen LogP contribution in [0.4, 0.5) is 0 Å². The van der Waals surface area contributed by atoms with Crippen molar-refractivity contribution in [2.75, 3.05) is 0 Å². The molecule has 14 heavy (non-hydrogen) atoms. The Bertz CT molecular complexity index is 189. The highest BCUT2D eigenvalue weighted by molar-refractivity contribution is 4.95. The van der Waals surface area contributed by atoms with Gasteiger partial charge in [0, 0.05) is 6.04 Å². The van der Waals surface area contributed by atoms with Crippen LogP contribution in [0, 0.1) is 11.8 Å². The van der Waals surface area contributed by atoms with Gasteiger partial charge in [0.05, 0.1) is 0 Å². The molecule has 0 saturated heterocycles. The summed E-state index contributed by atoms with van der Waals surface area (Å²) in [5.41, 5.74) is 4.19. The van der Waals surface area contributed by atoms with Gasteiger partial charge in [0.2, 0.25) is 0 Å². The molecule has 2 nitrogen and oxygen atoms in total. The summed E-state index contributed by atoms with van der Waals surface area (Å²) in [5, 5.41) is 0. The molecule has 1 saturated carbocycles. The first-order valence-electron chi connectivity index (χ1n) is 5.74. The summed E-state index contributed by atoms with van der Waals surface area (Å²) in [6.45, 7) is 8.39. The largest absolute Gasteiger partial charge is 0.271 e. The normalized spacial score (nSPS) is 29.9. The SMILES string of the molecule is C=C(C)CC(NN)C1CCCC(C)C1. The van der Waals surface area contributed by atoms with Gasteiger partial charge in [-0.15, -0.1) is 6.58 Å². The predicted octanol–water partition coefficient (Wildman–Crippen LogP) is 2.61. The minimum absolute atomic E-state index is 0.440. The van der Waals surface area contributed by atoms with Crippen molar-refractivity contribution in [3.05, 3.63) is 12.2 Å². The van der Waals surface area contributed by atoms with Gasteiger partial charge in [0.1, 0.15) is 0 Å². The number of rotatable bonds is 4. The zero-order valence-electron chi connectivity index (χ0n) is 9.55. The van der Waals surface area contributed by atoms with Crippen molar-refractivity contribution in [2.24, 2.45) is 17.7 Å². The first-order valence-corrected chi connectivity index (χ1v) is 5.74. The van der Waals surface area contributed by atoms with Crippen molar-refractivity contribution in [3.8, 4) is 0 Å². The van der Waals surface area contributed by atoms with Gasteiger partial charge in [-0.25, -0.2) is 0 Å². The predicted molar refractivity (Wildman–Crippen MR) is 61.7 cm³/mol. The summed E-state index contributed by atoms with van der Waals surface area (Å²) in [6.07, 6.45) is 6.42. The molecule has 0 aliphatic heterocycles. The van der Waals surface area contributed by atoms with E-state index in [2.05, 4.69) is 25.9 Å². The lowest BCUT2D eigenvalue weighted by molar-refractivity contribution is 0.222. The van der Waals surface area contributed by atoms with Gasteiger partial charge in [-0.3, -0.25) is 11.3 Å². The molecule has 1 fully saturated rings. The summed E-state index contributed by atoms with van der Waals surface area (Å²) < 4.78 is 0. The topological polar surface area (TPSA) is 38.0 Å². The van der Waals surface area contributed by atoms with Crippen molar-refractivity contribution in [3.63, 3.8) is 0 Å². The first kappa shape index (κ1) is 11.7. The lowest BCUT2D eigenvalue weighted by Gasteiger charge is -2.33. The summed E-state index contributed by atoms with van der Waals surface area (Å²) in [5.74, 6) is 7.23. The van der Waals surface area contributed by atoms with Crippen LogP contribution in [0.2, 0.25) is 0 Å². The average Bonchev–Trinajstić information content (AvgIpc) is 2.14. The molecular formula is C12H24N2. The van der Waals surface area contributed by atoms with Gasteiger partial charge in [0.15, 0.2) is 0 Å². The van der Waals surface area contributed by atoms with Crippen molar-refractivity contribution < 1.29 is 0 Å². The maximum Gasteiger partial charge on any atom is 0.0275 e. The monoisotopic (exact) mass is 196 g/mol. The zero-order chi connectivity index (χ0) is 10.6. The van der Waals surface area contributed by atoms with E-state index in [1.807, 2.05) is 0 Å². The standard InChI is InChI=1S/C12H24N2/c1-9(2)7-12(14-13)11-6-4-5-10(3)8-11/h10-12,14H,1,4-8,13H2,2-3H3. The molecule has 0 radical (unpaired) electrons. The van der Waals surface area contributed by atoms with Crippen LogP contribution in [0.5, 0.6) is 0 Å². The first-order chi connectivity index (χ1) is 6.63. The third kappa shape index (κ3) is 3.43. The molecule has 1 rings (SSSR count). The van der Waals surface area contributed by atoms with E-state index in [0.717, 1.165) is 18.3 Å².